The van der Waals surface area contributed by atoms with E-state index in [2.05, 4.69) is 4.99 Å². The Hall–Kier alpha value is -0.710. The Kier molecular flexibility index (Phi) is 6.40. The molecular formula is C12H12ClNOS2. The molecule has 17 heavy (non-hydrogen) atoms. The number of carbonyl (C=O) groups excluding carboxylic acids is 1. The first-order chi connectivity index (χ1) is 8.15. The van der Waals surface area contributed by atoms with Crippen molar-refractivity contribution in [2.24, 2.45) is 4.99 Å². The van der Waals surface area contributed by atoms with Crippen LogP contribution in [0.5, 0.6) is 0 Å². The number of nitrogens with zero attached hydrogens (tertiary/aromatic N) is 1. The van der Waals surface area contributed by atoms with Crippen LogP contribution in [0.25, 0.3) is 6.08 Å². The van der Waals surface area contributed by atoms with Crippen molar-refractivity contribution >= 4 is 51.5 Å². The number of benzene rings is 1. The average molecular weight is 286 g/mol. The van der Waals surface area contributed by atoms with Gasteiger partial charge in [0.1, 0.15) is 4.38 Å². The molecule has 0 unspecified atom stereocenters. The van der Waals surface area contributed by atoms with Gasteiger partial charge in [0.25, 0.3) is 5.91 Å². The minimum atomic E-state index is -0.251. The number of aliphatic imine (C=N–C) groups is 1. The number of amides is 1. The Morgan fingerprint density at radius 3 is 2.35 bits per heavy atom. The Morgan fingerprint density at radius 1 is 1.24 bits per heavy atom. The van der Waals surface area contributed by atoms with Crippen molar-refractivity contribution in [3.63, 3.8) is 0 Å². The summed E-state index contributed by atoms with van der Waals surface area (Å²) in [5.74, 6) is -0.251. The molecule has 1 aromatic rings. The molecule has 0 N–H and O–H groups in total. The van der Waals surface area contributed by atoms with Crippen molar-refractivity contribution in [2.45, 2.75) is 0 Å². The maximum Gasteiger partial charge on any atom is 0.271 e. The van der Waals surface area contributed by atoms with Crippen LogP contribution in [-0.4, -0.2) is 22.8 Å². The quantitative estimate of drug-likeness (QED) is 0.468. The number of halogens is 1. The highest BCUT2D eigenvalue weighted by atomic mass is 35.5. The topological polar surface area (TPSA) is 29.4 Å². The predicted octanol–water partition coefficient (Wildman–Crippen LogP) is 3.96. The molecule has 90 valence electrons. The fourth-order valence-corrected chi connectivity index (χ4v) is 2.20. The van der Waals surface area contributed by atoms with E-state index in [1.807, 2.05) is 24.6 Å². The molecule has 0 aromatic heterocycles. The van der Waals surface area contributed by atoms with Gasteiger partial charge in [0.2, 0.25) is 0 Å². The zero-order chi connectivity index (χ0) is 12.7. The van der Waals surface area contributed by atoms with Gasteiger partial charge in [-0.3, -0.25) is 4.79 Å². The van der Waals surface area contributed by atoms with E-state index in [-0.39, 0.29) is 5.91 Å². The molecule has 1 amide bonds. The van der Waals surface area contributed by atoms with Crippen molar-refractivity contribution < 1.29 is 4.79 Å². The van der Waals surface area contributed by atoms with Gasteiger partial charge in [0.05, 0.1) is 0 Å². The van der Waals surface area contributed by atoms with Crippen molar-refractivity contribution in [3.05, 3.63) is 40.9 Å². The van der Waals surface area contributed by atoms with Gasteiger partial charge in [-0.05, 0) is 36.3 Å². The third-order valence-electron chi connectivity index (χ3n) is 1.84. The van der Waals surface area contributed by atoms with Crippen LogP contribution in [0.2, 0.25) is 5.02 Å². The molecular weight excluding hydrogens is 274 g/mol. The molecule has 0 aliphatic rings. The van der Waals surface area contributed by atoms with E-state index >= 15 is 0 Å². The molecule has 1 aromatic carbocycles. The Balaban J connectivity index is 2.68. The summed E-state index contributed by atoms with van der Waals surface area (Å²) in [4.78, 5) is 15.4. The third kappa shape index (κ3) is 5.44. The minimum absolute atomic E-state index is 0.251. The first kappa shape index (κ1) is 14.4. The number of rotatable bonds is 2. The highest BCUT2D eigenvalue weighted by Gasteiger charge is 1.97. The summed E-state index contributed by atoms with van der Waals surface area (Å²) < 4.78 is 0.760. The predicted molar refractivity (Wildman–Crippen MR) is 80.0 cm³/mol. The van der Waals surface area contributed by atoms with Crippen LogP contribution in [0.3, 0.4) is 0 Å². The Bertz CT molecular complexity index is 434. The number of hydrogen-bond donors (Lipinski definition) is 0. The van der Waals surface area contributed by atoms with E-state index < -0.39 is 0 Å². The van der Waals surface area contributed by atoms with E-state index in [4.69, 9.17) is 11.6 Å². The molecule has 0 bridgehead atoms. The van der Waals surface area contributed by atoms with Crippen molar-refractivity contribution in [3.8, 4) is 0 Å². The molecule has 1 rings (SSSR count). The summed E-state index contributed by atoms with van der Waals surface area (Å²) in [5, 5.41) is 0.679. The standard InChI is InChI=1S/C12H12ClNOS2/c1-16-12(17-2)14-11(15)8-5-9-3-6-10(13)7-4-9/h3-8H,1-2H3. The van der Waals surface area contributed by atoms with Gasteiger partial charge in [-0.1, -0.05) is 23.7 Å². The number of carbonyl (C=O) groups is 1. The van der Waals surface area contributed by atoms with Crippen molar-refractivity contribution in [1.29, 1.82) is 0 Å². The third-order valence-corrected chi connectivity index (χ3v) is 3.97. The summed E-state index contributed by atoms with van der Waals surface area (Å²) in [7, 11) is 0. The van der Waals surface area contributed by atoms with Crippen LogP contribution in [0, 0.1) is 0 Å². The molecule has 2 nitrogen and oxygen atoms in total. The molecule has 0 aliphatic heterocycles. The minimum Gasteiger partial charge on any atom is -0.267 e. The zero-order valence-electron chi connectivity index (χ0n) is 9.51. The van der Waals surface area contributed by atoms with Gasteiger partial charge in [-0.2, -0.15) is 4.99 Å². The van der Waals surface area contributed by atoms with E-state index in [0.717, 1.165) is 9.94 Å². The van der Waals surface area contributed by atoms with E-state index in [9.17, 15) is 4.79 Å². The molecule has 0 saturated carbocycles. The second-order valence-corrected chi connectivity index (χ2v) is 5.29. The second kappa shape index (κ2) is 7.58. The molecule has 0 atom stereocenters. The van der Waals surface area contributed by atoms with E-state index in [0.29, 0.717) is 5.02 Å². The highest BCUT2D eigenvalue weighted by Crippen LogP contribution is 2.12. The normalized spacial score (nSPS) is 10.5. The summed E-state index contributed by atoms with van der Waals surface area (Å²) >= 11 is 8.69. The van der Waals surface area contributed by atoms with Crippen LogP contribution in [0.4, 0.5) is 0 Å². The molecule has 0 fully saturated rings. The van der Waals surface area contributed by atoms with Gasteiger partial charge >= 0.3 is 0 Å². The van der Waals surface area contributed by atoms with Crippen molar-refractivity contribution in [1.82, 2.24) is 0 Å². The van der Waals surface area contributed by atoms with Crippen LogP contribution >= 0.6 is 35.1 Å². The summed E-state index contributed by atoms with van der Waals surface area (Å²) in [6.07, 6.45) is 6.97. The lowest BCUT2D eigenvalue weighted by atomic mass is 10.2. The molecule has 0 spiro atoms. The molecule has 0 radical (unpaired) electrons. The maximum atomic E-state index is 11.5. The maximum absolute atomic E-state index is 11.5. The largest absolute Gasteiger partial charge is 0.271 e. The number of thioether (sulfide) groups is 2. The van der Waals surface area contributed by atoms with E-state index in [1.54, 1.807) is 18.2 Å². The van der Waals surface area contributed by atoms with Gasteiger partial charge in [-0.15, -0.1) is 23.5 Å². The van der Waals surface area contributed by atoms with E-state index in [1.165, 1.54) is 29.6 Å². The Morgan fingerprint density at radius 2 is 1.82 bits per heavy atom. The molecule has 0 aliphatic carbocycles. The smallest absolute Gasteiger partial charge is 0.267 e. The summed E-state index contributed by atoms with van der Waals surface area (Å²) in [6.45, 7) is 0. The Labute approximate surface area is 115 Å². The van der Waals surface area contributed by atoms with Crippen molar-refractivity contribution in [2.75, 3.05) is 12.5 Å². The fraction of sp³-hybridized carbons (Fsp3) is 0.167. The second-order valence-electron chi connectivity index (χ2n) is 3.01. The lowest BCUT2D eigenvalue weighted by Crippen LogP contribution is -1.92. The van der Waals surface area contributed by atoms with Crippen LogP contribution in [0.15, 0.2) is 35.3 Å². The summed E-state index contributed by atoms with van der Waals surface area (Å²) in [6, 6.07) is 7.26. The SMILES string of the molecule is CSC(=NC(=O)C=Cc1ccc(Cl)cc1)SC. The first-order valence-corrected chi connectivity index (χ1v) is 7.62. The lowest BCUT2D eigenvalue weighted by Gasteiger charge is -1.95. The zero-order valence-corrected chi connectivity index (χ0v) is 11.9. The monoisotopic (exact) mass is 285 g/mol. The molecule has 0 saturated heterocycles. The van der Waals surface area contributed by atoms with Crippen LogP contribution < -0.4 is 0 Å². The van der Waals surface area contributed by atoms with Gasteiger partial charge in [0, 0.05) is 11.1 Å². The highest BCUT2D eigenvalue weighted by molar-refractivity contribution is 8.38. The first-order valence-electron chi connectivity index (χ1n) is 4.80. The van der Waals surface area contributed by atoms with Gasteiger partial charge < -0.3 is 0 Å². The fourth-order valence-electron chi connectivity index (χ4n) is 1.04. The van der Waals surface area contributed by atoms with Crippen LogP contribution in [0.1, 0.15) is 5.56 Å². The lowest BCUT2D eigenvalue weighted by molar-refractivity contribution is -0.113. The van der Waals surface area contributed by atoms with Crippen LogP contribution in [-0.2, 0) is 4.79 Å². The average Bonchev–Trinajstić information content (AvgIpc) is 2.35. The molecule has 5 heteroatoms. The number of hydrogen-bond acceptors (Lipinski definition) is 3. The summed E-state index contributed by atoms with van der Waals surface area (Å²) in [5.41, 5.74) is 0.924. The molecule has 0 heterocycles. The van der Waals surface area contributed by atoms with Gasteiger partial charge in [-0.25, -0.2) is 0 Å². The van der Waals surface area contributed by atoms with Gasteiger partial charge in [0.15, 0.2) is 0 Å².